The first-order valence-corrected chi connectivity index (χ1v) is 4.42. The van der Waals surface area contributed by atoms with Crippen molar-refractivity contribution in [2.45, 2.75) is 31.6 Å². The van der Waals surface area contributed by atoms with E-state index in [0.29, 0.717) is 6.42 Å². The SMILES string of the molecule is C[C@@H](N)CCO.O=C(O)[C@@H](O)[C@H](O)C(=O)O. The van der Waals surface area contributed by atoms with E-state index in [1.54, 1.807) is 0 Å². The van der Waals surface area contributed by atoms with Gasteiger partial charge in [-0.1, -0.05) is 0 Å². The van der Waals surface area contributed by atoms with Crippen LogP contribution < -0.4 is 5.73 Å². The topological polar surface area (TPSA) is 161 Å². The van der Waals surface area contributed by atoms with E-state index in [2.05, 4.69) is 0 Å². The molecule has 0 aromatic carbocycles. The third-order valence-corrected chi connectivity index (χ3v) is 1.39. The Morgan fingerprint density at radius 1 is 1.12 bits per heavy atom. The van der Waals surface area contributed by atoms with E-state index in [-0.39, 0.29) is 12.6 Å². The van der Waals surface area contributed by atoms with Crippen LogP contribution in [0.4, 0.5) is 0 Å². The molecule has 0 aliphatic carbocycles. The molecule has 0 saturated heterocycles. The smallest absolute Gasteiger partial charge is 0.335 e. The average Bonchev–Trinajstić information content (AvgIpc) is 2.15. The van der Waals surface area contributed by atoms with Gasteiger partial charge in [0.05, 0.1) is 0 Å². The van der Waals surface area contributed by atoms with Crippen molar-refractivity contribution in [1.29, 1.82) is 0 Å². The van der Waals surface area contributed by atoms with Crippen molar-refractivity contribution < 1.29 is 35.1 Å². The van der Waals surface area contributed by atoms with Crippen LogP contribution in [0.15, 0.2) is 0 Å². The van der Waals surface area contributed by atoms with Crippen LogP contribution in [0.1, 0.15) is 13.3 Å². The van der Waals surface area contributed by atoms with Gasteiger partial charge >= 0.3 is 11.9 Å². The van der Waals surface area contributed by atoms with Gasteiger partial charge in [0.1, 0.15) is 0 Å². The fourth-order valence-corrected chi connectivity index (χ4v) is 0.474. The molecule has 0 bridgehead atoms. The van der Waals surface area contributed by atoms with Crippen molar-refractivity contribution in [2.24, 2.45) is 5.73 Å². The van der Waals surface area contributed by atoms with Crippen LogP contribution in [0.3, 0.4) is 0 Å². The van der Waals surface area contributed by atoms with Crippen LogP contribution in [-0.2, 0) is 9.59 Å². The van der Waals surface area contributed by atoms with Gasteiger partial charge in [-0.3, -0.25) is 0 Å². The Kier molecular flexibility index (Phi) is 9.71. The zero-order valence-corrected chi connectivity index (χ0v) is 8.78. The molecule has 0 heterocycles. The van der Waals surface area contributed by atoms with Gasteiger partial charge in [-0.15, -0.1) is 0 Å². The fraction of sp³-hybridized carbons (Fsp3) is 0.750. The van der Waals surface area contributed by atoms with Crippen molar-refractivity contribution in [3.63, 3.8) is 0 Å². The summed E-state index contributed by atoms with van der Waals surface area (Å²) in [6.07, 6.45) is -3.82. The van der Waals surface area contributed by atoms with Gasteiger partial charge < -0.3 is 31.3 Å². The average molecular weight is 239 g/mol. The standard InChI is InChI=1S/C4H11NO.C4H6O6/c1-4(5)2-3-6;5-1(3(7)8)2(6)4(9)10/h4,6H,2-3,5H2,1H3;1-2,5-6H,(H,7,8)(H,9,10)/t4-;1-,2-/m10/s1. The highest BCUT2D eigenvalue weighted by Gasteiger charge is 2.29. The number of carbonyl (C=O) groups is 2. The van der Waals surface area contributed by atoms with Gasteiger partial charge in [0, 0.05) is 12.6 Å². The molecular weight excluding hydrogens is 222 g/mol. The summed E-state index contributed by atoms with van der Waals surface area (Å²) in [4.78, 5) is 19.5. The number of carboxylic acids is 2. The van der Waals surface area contributed by atoms with Crippen LogP contribution in [0.25, 0.3) is 0 Å². The molecule has 0 radical (unpaired) electrons. The van der Waals surface area contributed by atoms with E-state index < -0.39 is 24.1 Å². The Labute approximate surface area is 91.9 Å². The Morgan fingerprint density at radius 2 is 1.44 bits per heavy atom. The maximum Gasteiger partial charge on any atom is 0.335 e. The third-order valence-electron chi connectivity index (χ3n) is 1.39. The minimum atomic E-state index is -2.27. The number of hydrogen-bond acceptors (Lipinski definition) is 6. The van der Waals surface area contributed by atoms with Crippen LogP contribution in [0.5, 0.6) is 0 Å². The number of hydrogen-bond donors (Lipinski definition) is 6. The molecular formula is C8H17NO7. The van der Waals surface area contributed by atoms with Gasteiger partial charge in [-0.05, 0) is 13.3 Å². The van der Waals surface area contributed by atoms with E-state index in [0.717, 1.165) is 0 Å². The van der Waals surface area contributed by atoms with E-state index in [1.165, 1.54) is 0 Å². The highest BCUT2D eigenvalue weighted by molar-refractivity contribution is 5.83. The Bertz CT molecular complexity index is 200. The lowest BCUT2D eigenvalue weighted by Crippen LogP contribution is -2.39. The van der Waals surface area contributed by atoms with Crippen molar-refractivity contribution in [1.82, 2.24) is 0 Å². The summed E-state index contributed by atoms with van der Waals surface area (Å²) in [6.45, 7) is 2.08. The minimum Gasteiger partial charge on any atom is -0.479 e. The zero-order valence-electron chi connectivity index (χ0n) is 8.78. The zero-order chi connectivity index (χ0) is 13.3. The van der Waals surface area contributed by atoms with Gasteiger partial charge in [-0.2, -0.15) is 0 Å². The van der Waals surface area contributed by atoms with Crippen LogP contribution >= 0.6 is 0 Å². The molecule has 0 rings (SSSR count). The molecule has 16 heavy (non-hydrogen) atoms. The van der Waals surface area contributed by atoms with Crippen molar-refractivity contribution >= 4 is 11.9 Å². The van der Waals surface area contributed by atoms with E-state index in [4.69, 9.17) is 31.3 Å². The molecule has 0 aliphatic heterocycles. The largest absolute Gasteiger partial charge is 0.479 e. The molecule has 8 nitrogen and oxygen atoms in total. The summed E-state index contributed by atoms with van der Waals surface area (Å²) >= 11 is 0. The second kappa shape index (κ2) is 9.04. The van der Waals surface area contributed by atoms with Gasteiger partial charge in [0.25, 0.3) is 0 Å². The number of aliphatic hydroxyl groups is 3. The summed E-state index contributed by atoms with van der Waals surface area (Å²) in [5.41, 5.74) is 5.24. The predicted octanol–water partition coefficient (Wildman–Crippen LogP) is -2.41. The lowest BCUT2D eigenvalue weighted by atomic mass is 10.2. The maximum atomic E-state index is 9.77. The molecule has 0 unspecified atom stereocenters. The molecule has 96 valence electrons. The second-order valence-corrected chi connectivity index (χ2v) is 3.06. The number of rotatable bonds is 5. The maximum absolute atomic E-state index is 9.77. The highest BCUT2D eigenvalue weighted by atomic mass is 16.4. The van der Waals surface area contributed by atoms with E-state index in [1.807, 2.05) is 6.92 Å². The first-order valence-electron chi connectivity index (χ1n) is 4.42. The lowest BCUT2D eigenvalue weighted by molar-refractivity contribution is -0.165. The van der Waals surface area contributed by atoms with Crippen LogP contribution in [0.2, 0.25) is 0 Å². The molecule has 0 aromatic heterocycles. The third kappa shape index (κ3) is 9.34. The normalized spacial score (nSPS) is 15.3. The van der Waals surface area contributed by atoms with Crippen LogP contribution in [0, 0.1) is 0 Å². The summed E-state index contributed by atoms with van der Waals surface area (Å²) in [5.74, 6) is -3.54. The fourth-order valence-electron chi connectivity index (χ4n) is 0.474. The molecule has 7 N–H and O–H groups in total. The number of nitrogens with two attached hydrogens (primary N) is 1. The van der Waals surface area contributed by atoms with Crippen molar-refractivity contribution in [2.75, 3.05) is 6.61 Å². The Balaban J connectivity index is 0. The van der Waals surface area contributed by atoms with Crippen LogP contribution in [-0.4, -0.2) is 62.3 Å². The van der Waals surface area contributed by atoms with Crippen molar-refractivity contribution in [3.05, 3.63) is 0 Å². The molecule has 0 amide bonds. The Morgan fingerprint density at radius 3 is 1.50 bits per heavy atom. The summed E-state index contributed by atoms with van der Waals surface area (Å²) in [5, 5.41) is 40.7. The quantitative estimate of drug-likeness (QED) is 0.309. The second-order valence-electron chi connectivity index (χ2n) is 3.06. The number of aliphatic hydroxyl groups excluding tert-OH is 3. The predicted molar refractivity (Wildman–Crippen MR) is 52.6 cm³/mol. The number of carboxylic acid groups (broad SMARTS) is 2. The first kappa shape index (κ1) is 17.2. The van der Waals surface area contributed by atoms with Gasteiger partial charge in [-0.25, -0.2) is 9.59 Å². The van der Waals surface area contributed by atoms with E-state index >= 15 is 0 Å². The Hall–Kier alpha value is -1.22. The molecule has 8 heteroatoms. The summed E-state index contributed by atoms with van der Waals surface area (Å²) < 4.78 is 0. The lowest BCUT2D eigenvalue weighted by Gasteiger charge is -2.07. The van der Waals surface area contributed by atoms with E-state index in [9.17, 15) is 9.59 Å². The molecule has 0 aromatic rings. The summed E-state index contributed by atoms with van der Waals surface area (Å²) in [7, 11) is 0. The number of aliphatic carboxylic acids is 2. The summed E-state index contributed by atoms with van der Waals surface area (Å²) in [6, 6.07) is 0.148. The molecule has 0 spiro atoms. The van der Waals surface area contributed by atoms with Gasteiger partial charge in [0.15, 0.2) is 12.2 Å². The minimum absolute atomic E-state index is 0.148. The molecule has 0 aliphatic rings. The van der Waals surface area contributed by atoms with Gasteiger partial charge in [0.2, 0.25) is 0 Å². The molecule has 0 fully saturated rings. The monoisotopic (exact) mass is 239 g/mol. The molecule has 0 saturated carbocycles. The highest BCUT2D eigenvalue weighted by Crippen LogP contribution is 1.92. The first-order chi connectivity index (χ1) is 7.23. The van der Waals surface area contributed by atoms with Crippen molar-refractivity contribution in [3.8, 4) is 0 Å². The molecule has 3 atom stereocenters.